The van der Waals surface area contributed by atoms with Crippen LogP contribution < -0.4 is 5.32 Å². The number of carbonyl (C=O) groups excluding carboxylic acids is 1. The fraction of sp³-hybridized carbons (Fsp3) is 0.667. The van der Waals surface area contributed by atoms with Crippen molar-refractivity contribution in [3.63, 3.8) is 0 Å². The average molecular weight is 334 g/mol. The van der Waals surface area contributed by atoms with Crippen LogP contribution in [0.15, 0.2) is 24.4 Å². The summed E-state index contributed by atoms with van der Waals surface area (Å²) in [6, 6.07) is 5.68. The highest BCUT2D eigenvalue weighted by Gasteiger charge is 2.29. The number of urea groups is 1. The highest BCUT2D eigenvalue weighted by atomic mass is 16.5. The maximum absolute atomic E-state index is 12.6. The van der Waals surface area contributed by atoms with E-state index in [4.69, 9.17) is 4.74 Å². The third-order valence-electron chi connectivity index (χ3n) is 4.57. The van der Waals surface area contributed by atoms with Gasteiger partial charge in [0, 0.05) is 31.9 Å². The van der Waals surface area contributed by atoms with E-state index in [0.717, 1.165) is 18.8 Å². The number of pyridine rings is 1. The number of amides is 2. The Morgan fingerprint density at radius 2 is 2.12 bits per heavy atom. The van der Waals surface area contributed by atoms with Gasteiger partial charge in [0.25, 0.3) is 0 Å². The van der Waals surface area contributed by atoms with E-state index in [-0.39, 0.29) is 11.6 Å². The van der Waals surface area contributed by atoms with Crippen molar-refractivity contribution in [1.29, 1.82) is 0 Å². The predicted molar refractivity (Wildman–Crippen MR) is 94.8 cm³/mol. The van der Waals surface area contributed by atoms with E-state index in [9.17, 15) is 4.79 Å². The topological polar surface area (TPSA) is 57.7 Å². The molecule has 6 nitrogen and oxygen atoms in total. The van der Waals surface area contributed by atoms with Crippen LogP contribution in [0.1, 0.15) is 32.4 Å². The molecule has 2 heterocycles. The van der Waals surface area contributed by atoms with Crippen LogP contribution in [0.5, 0.6) is 0 Å². The summed E-state index contributed by atoms with van der Waals surface area (Å²) >= 11 is 0. The molecule has 0 aromatic carbocycles. The zero-order chi connectivity index (χ0) is 17.4. The lowest BCUT2D eigenvalue weighted by Gasteiger charge is -2.36. The summed E-state index contributed by atoms with van der Waals surface area (Å²) in [5.41, 5.74) is 0.854. The molecule has 1 fully saturated rings. The number of hydrogen-bond donors (Lipinski definition) is 1. The molecule has 0 aliphatic carbocycles. The first kappa shape index (κ1) is 18.7. The summed E-state index contributed by atoms with van der Waals surface area (Å²) < 4.78 is 5.14. The number of hydrogen-bond acceptors (Lipinski definition) is 4. The number of carbonyl (C=O) groups is 1. The molecule has 1 aliphatic heterocycles. The van der Waals surface area contributed by atoms with Crippen LogP contribution in [-0.4, -0.2) is 66.2 Å². The van der Waals surface area contributed by atoms with Crippen molar-refractivity contribution in [3.05, 3.63) is 30.1 Å². The van der Waals surface area contributed by atoms with E-state index in [1.165, 1.54) is 12.8 Å². The lowest BCUT2D eigenvalue weighted by atomic mass is 10.0. The summed E-state index contributed by atoms with van der Waals surface area (Å²) in [7, 11) is 1.65. The summed E-state index contributed by atoms with van der Waals surface area (Å²) in [6.07, 6.45) is 4.24. The SMILES string of the molecule is COCCN(Cc1ccccn1)C(=O)NCC(C)(C)N1CCCC1. The standard InChI is InChI=1S/C18H30N4O2/c1-18(2,22-10-6-7-11-22)15-20-17(23)21(12-13-24-3)14-16-8-4-5-9-19-16/h4-5,8-9H,6-7,10-15H2,1-3H3,(H,20,23). The smallest absolute Gasteiger partial charge is 0.317 e. The van der Waals surface area contributed by atoms with Crippen molar-refractivity contribution < 1.29 is 9.53 Å². The van der Waals surface area contributed by atoms with Crippen molar-refractivity contribution in [2.24, 2.45) is 0 Å². The van der Waals surface area contributed by atoms with E-state index in [1.54, 1.807) is 18.2 Å². The predicted octanol–water partition coefficient (Wildman–Crippen LogP) is 2.11. The van der Waals surface area contributed by atoms with Gasteiger partial charge in [0.1, 0.15) is 0 Å². The number of likely N-dealkylation sites (tertiary alicyclic amines) is 1. The van der Waals surface area contributed by atoms with Crippen molar-refractivity contribution >= 4 is 6.03 Å². The van der Waals surface area contributed by atoms with Gasteiger partial charge in [-0.2, -0.15) is 0 Å². The molecule has 0 unspecified atom stereocenters. The zero-order valence-corrected chi connectivity index (χ0v) is 15.1. The normalized spacial score (nSPS) is 15.5. The molecule has 1 aromatic rings. The number of ether oxygens (including phenoxy) is 1. The second-order valence-electron chi connectivity index (χ2n) is 6.90. The molecule has 1 aliphatic rings. The summed E-state index contributed by atoms with van der Waals surface area (Å²) in [5.74, 6) is 0. The molecule has 1 aromatic heterocycles. The maximum Gasteiger partial charge on any atom is 0.317 e. The molecule has 2 amide bonds. The number of nitrogens with one attached hydrogen (secondary N) is 1. The Bertz CT molecular complexity index is 501. The average Bonchev–Trinajstić information content (AvgIpc) is 3.13. The Kier molecular flexibility index (Phi) is 6.99. The number of rotatable bonds is 8. The van der Waals surface area contributed by atoms with Crippen LogP contribution in [0.25, 0.3) is 0 Å². The molecule has 1 N–H and O–H groups in total. The fourth-order valence-electron chi connectivity index (χ4n) is 2.98. The minimum atomic E-state index is -0.0648. The van der Waals surface area contributed by atoms with Crippen molar-refractivity contribution in [1.82, 2.24) is 20.1 Å². The fourth-order valence-corrected chi connectivity index (χ4v) is 2.98. The zero-order valence-electron chi connectivity index (χ0n) is 15.1. The lowest BCUT2D eigenvalue weighted by Crippen LogP contribution is -2.53. The van der Waals surface area contributed by atoms with Gasteiger partial charge in [-0.25, -0.2) is 4.79 Å². The van der Waals surface area contributed by atoms with E-state index in [1.807, 2.05) is 18.2 Å². The van der Waals surface area contributed by atoms with Crippen LogP contribution in [-0.2, 0) is 11.3 Å². The van der Waals surface area contributed by atoms with Gasteiger partial charge >= 0.3 is 6.03 Å². The number of methoxy groups -OCH3 is 1. The van der Waals surface area contributed by atoms with Gasteiger partial charge in [-0.1, -0.05) is 6.07 Å². The number of aromatic nitrogens is 1. The monoisotopic (exact) mass is 334 g/mol. The number of nitrogens with zero attached hydrogens (tertiary/aromatic N) is 3. The van der Waals surface area contributed by atoms with E-state index >= 15 is 0 Å². The Balaban J connectivity index is 1.91. The van der Waals surface area contributed by atoms with Crippen molar-refractivity contribution in [3.8, 4) is 0 Å². The molecule has 0 atom stereocenters. The third-order valence-corrected chi connectivity index (χ3v) is 4.57. The van der Waals surface area contributed by atoms with Gasteiger partial charge in [0.2, 0.25) is 0 Å². The highest BCUT2D eigenvalue weighted by Crippen LogP contribution is 2.20. The van der Waals surface area contributed by atoms with Crippen LogP contribution in [0.2, 0.25) is 0 Å². The molecule has 6 heteroatoms. The minimum Gasteiger partial charge on any atom is -0.383 e. The highest BCUT2D eigenvalue weighted by molar-refractivity contribution is 5.74. The first-order valence-corrected chi connectivity index (χ1v) is 8.69. The molecular weight excluding hydrogens is 304 g/mol. The van der Waals surface area contributed by atoms with Gasteiger partial charge in [-0.15, -0.1) is 0 Å². The Morgan fingerprint density at radius 1 is 1.38 bits per heavy atom. The first-order chi connectivity index (χ1) is 11.5. The van der Waals surface area contributed by atoms with Gasteiger partial charge in [-0.05, 0) is 51.9 Å². The Morgan fingerprint density at radius 3 is 2.75 bits per heavy atom. The Hall–Kier alpha value is -1.66. The largest absolute Gasteiger partial charge is 0.383 e. The van der Waals surface area contributed by atoms with Crippen LogP contribution in [0.3, 0.4) is 0 Å². The van der Waals surface area contributed by atoms with Gasteiger partial charge in [0.15, 0.2) is 0 Å². The minimum absolute atomic E-state index is 0.0237. The van der Waals surface area contributed by atoms with E-state index in [2.05, 4.69) is 29.0 Å². The quantitative estimate of drug-likeness (QED) is 0.791. The molecule has 24 heavy (non-hydrogen) atoms. The van der Waals surface area contributed by atoms with Gasteiger partial charge < -0.3 is 15.0 Å². The van der Waals surface area contributed by atoms with Crippen LogP contribution in [0.4, 0.5) is 4.79 Å². The second-order valence-corrected chi connectivity index (χ2v) is 6.90. The molecule has 0 radical (unpaired) electrons. The van der Waals surface area contributed by atoms with Gasteiger partial charge in [-0.3, -0.25) is 9.88 Å². The molecule has 134 valence electrons. The molecule has 1 saturated heterocycles. The second kappa shape index (κ2) is 8.99. The molecular formula is C18H30N4O2. The van der Waals surface area contributed by atoms with Crippen LogP contribution >= 0.6 is 0 Å². The van der Waals surface area contributed by atoms with Crippen LogP contribution in [0, 0.1) is 0 Å². The van der Waals surface area contributed by atoms with Gasteiger partial charge in [0.05, 0.1) is 18.8 Å². The summed E-state index contributed by atoms with van der Waals surface area (Å²) in [6.45, 7) is 8.79. The summed E-state index contributed by atoms with van der Waals surface area (Å²) in [4.78, 5) is 21.1. The third kappa shape index (κ3) is 5.46. The van der Waals surface area contributed by atoms with Crippen molar-refractivity contribution in [2.75, 3.05) is 39.9 Å². The van der Waals surface area contributed by atoms with Crippen molar-refractivity contribution in [2.45, 2.75) is 38.8 Å². The maximum atomic E-state index is 12.6. The van der Waals surface area contributed by atoms with E-state index in [0.29, 0.717) is 26.2 Å². The first-order valence-electron chi connectivity index (χ1n) is 8.69. The van der Waals surface area contributed by atoms with E-state index < -0.39 is 0 Å². The molecule has 0 saturated carbocycles. The Labute approximate surface area is 145 Å². The molecule has 0 bridgehead atoms. The lowest BCUT2D eigenvalue weighted by molar-refractivity contribution is 0.131. The summed E-state index contributed by atoms with van der Waals surface area (Å²) in [5, 5.41) is 3.09. The molecule has 0 spiro atoms. The molecule has 2 rings (SSSR count).